The molecule has 1 heteroatoms. The summed E-state index contributed by atoms with van der Waals surface area (Å²) in [6.07, 6.45) is 5.22. The van der Waals surface area contributed by atoms with E-state index in [1.165, 1.54) is 18.4 Å². The van der Waals surface area contributed by atoms with Gasteiger partial charge in [-0.2, -0.15) is 0 Å². The third-order valence-electron chi connectivity index (χ3n) is 3.78. The van der Waals surface area contributed by atoms with Gasteiger partial charge in [0.05, 0.1) is 0 Å². The SMILES string of the molecule is C[C@H]1CCCC1C(=O)CCc1ccccc1. The number of carbonyl (C=O) groups excluding carboxylic acids is 1. The van der Waals surface area contributed by atoms with Crippen LogP contribution >= 0.6 is 0 Å². The van der Waals surface area contributed by atoms with E-state index in [1.807, 2.05) is 18.2 Å². The first-order chi connectivity index (χ1) is 7.77. The fourth-order valence-corrected chi connectivity index (χ4v) is 2.72. The number of carbonyl (C=O) groups is 1. The summed E-state index contributed by atoms with van der Waals surface area (Å²) < 4.78 is 0. The molecule has 0 amide bonds. The van der Waals surface area contributed by atoms with E-state index in [9.17, 15) is 4.79 Å². The summed E-state index contributed by atoms with van der Waals surface area (Å²) in [5, 5.41) is 0. The minimum absolute atomic E-state index is 0.351. The lowest BCUT2D eigenvalue weighted by Crippen LogP contribution is -2.17. The highest BCUT2D eigenvalue weighted by atomic mass is 16.1. The van der Waals surface area contributed by atoms with Crippen molar-refractivity contribution in [3.63, 3.8) is 0 Å². The van der Waals surface area contributed by atoms with Gasteiger partial charge >= 0.3 is 0 Å². The van der Waals surface area contributed by atoms with Crippen LogP contribution in [0.3, 0.4) is 0 Å². The molecule has 1 fully saturated rings. The van der Waals surface area contributed by atoms with Crippen molar-refractivity contribution in [3.8, 4) is 0 Å². The molecule has 2 atom stereocenters. The number of Topliss-reactive ketones (excluding diaryl/α,β-unsaturated/α-hetero) is 1. The Morgan fingerprint density at radius 2 is 2.00 bits per heavy atom. The molecule has 0 bridgehead atoms. The Labute approximate surface area is 97.9 Å². The maximum absolute atomic E-state index is 12.0. The van der Waals surface area contributed by atoms with Gasteiger partial charge in [-0.15, -0.1) is 0 Å². The van der Waals surface area contributed by atoms with Crippen molar-refractivity contribution in [1.29, 1.82) is 0 Å². The molecule has 0 saturated heterocycles. The summed E-state index contributed by atoms with van der Waals surface area (Å²) >= 11 is 0. The van der Waals surface area contributed by atoms with Crippen molar-refractivity contribution in [2.45, 2.75) is 39.0 Å². The van der Waals surface area contributed by atoms with Gasteiger partial charge in [-0.3, -0.25) is 4.79 Å². The normalized spacial score (nSPS) is 24.6. The van der Waals surface area contributed by atoms with Crippen LogP contribution in [-0.2, 0) is 11.2 Å². The second-order valence-electron chi connectivity index (χ2n) is 4.97. The Hall–Kier alpha value is -1.11. The molecule has 1 aliphatic rings. The van der Waals surface area contributed by atoms with E-state index in [2.05, 4.69) is 19.1 Å². The average Bonchev–Trinajstić information content (AvgIpc) is 2.74. The van der Waals surface area contributed by atoms with E-state index >= 15 is 0 Å². The van der Waals surface area contributed by atoms with Crippen molar-refractivity contribution < 1.29 is 4.79 Å². The van der Waals surface area contributed by atoms with Gasteiger partial charge in [-0.05, 0) is 30.7 Å². The van der Waals surface area contributed by atoms with Crippen LogP contribution in [0.5, 0.6) is 0 Å². The summed E-state index contributed by atoms with van der Waals surface area (Å²) in [5.41, 5.74) is 1.28. The molecule has 0 N–H and O–H groups in total. The van der Waals surface area contributed by atoms with E-state index in [0.717, 1.165) is 19.3 Å². The van der Waals surface area contributed by atoms with E-state index in [-0.39, 0.29) is 0 Å². The van der Waals surface area contributed by atoms with Crippen LogP contribution in [0.15, 0.2) is 30.3 Å². The zero-order chi connectivity index (χ0) is 11.4. The van der Waals surface area contributed by atoms with Crippen LogP contribution in [0.1, 0.15) is 38.2 Å². The summed E-state index contributed by atoms with van der Waals surface area (Å²) in [5.74, 6) is 1.45. The summed E-state index contributed by atoms with van der Waals surface area (Å²) in [7, 11) is 0. The second-order valence-corrected chi connectivity index (χ2v) is 4.97. The quantitative estimate of drug-likeness (QED) is 0.751. The molecule has 1 saturated carbocycles. The van der Waals surface area contributed by atoms with Gasteiger partial charge in [0.1, 0.15) is 5.78 Å². The molecular formula is C15H20O. The van der Waals surface area contributed by atoms with Gasteiger partial charge in [0.15, 0.2) is 0 Å². The molecule has 1 aromatic rings. The Balaban J connectivity index is 1.84. The molecule has 0 aliphatic heterocycles. The molecule has 0 heterocycles. The molecule has 2 rings (SSSR count). The molecule has 1 nitrogen and oxygen atoms in total. The maximum Gasteiger partial charge on any atom is 0.136 e. The highest BCUT2D eigenvalue weighted by Crippen LogP contribution is 2.32. The molecule has 0 aromatic heterocycles. The third-order valence-corrected chi connectivity index (χ3v) is 3.78. The first-order valence-corrected chi connectivity index (χ1v) is 6.34. The van der Waals surface area contributed by atoms with Crippen molar-refractivity contribution in [1.82, 2.24) is 0 Å². The van der Waals surface area contributed by atoms with Crippen molar-refractivity contribution in [2.75, 3.05) is 0 Å². The van der Waals surface area contributed by atoms with Gasteiger partial charge < -0.3 is 0 Å². The van der Waals surface area contributed by atoms with Gasteiger partial charge in [-0.25, -0.2) is 0 Å². The van der Waals surface area contributed by atoms with E-state index in [1.54, 1.807) is 0 Å². The summed E-state index contributed by atoms with van der Waals surface area (Å²) in [6, 6.07) is 10.3. The maximum atomic E-state index is 12.0. The van der Waals surface area contributed by atoms with Gasteiger partial charge in [0.25, 0.3) is 0 Å². The minimum Gasteiger partial charge on any atom is -0.299 e. The highest BCUT2D eigenvalue weighted by molar-refractivity contribution is 5.81. The Kier molecular flexibility index (Phi) is 3.76. The molecule has 0 radical (unpaired) electrons. The van der Waals surface area contributed by atoms with Crippen LogP contribution in [0.25, 0.3) is 0 Å². The Bertz CT molecular complexity index is 342. The minimum atomic E-state index is 0.351. The summed E-state index contributed by atoms with van der Waals surface area (Å²) in [4.78, 5) is 12.0. The van der Waals surface area contributed by atoms with Crippen LogP contribution in [0.2, 0.25) is 0 Å². The average molecular weight is 216 g/mol. The van der Waals surface area contributed by atoms with Crippen LogP contribution in [0.4, 0.5) is 0 Å². The van der Waals surface area contributed by atoms with Crippen molar-refractivity contribution in [3.05, 3.63) is 35.9 Å². The number of aryl methyl sites for hydroxylation is 1. The fourth-order valence-electron chi connectivity index (χ4n) is 2.72. The lowest BCUT2D eigenvalue weighted by Gasteiger charge is -2.13. The molecule has 86 valence electrons. The monoisotopic (exact) mass is 216 g/mol. The van der Waals surface area contributed by atoms with Crippen molar-refractivity contribution in [2.24, 2.45) is 11.8 Å². The van der Waals surface area contributed by atoms with Crippen LogP contribution in [-0.4, -0.2) is 5.78 Å². The van der Waals surface area contributed by atoms with Crippen LogP contribution < -0.4 is 0 Å². The lowest BCUT2D eigenvalue weighted by atomic mass is 9.90. The van der Waals surface area contributed by atoms with Gasteiger partial charge in [0.2, 0.25) is 0 Å². The van der Waals surface area contributed by atoms with Gasteiger partial charge in [-0.1, -0.05) is 43.7 Å². The van der Waals surface area contributed by atoms with Gasteiger partial charge in [0, 0.05) is 12.3 Å². The molecule has 16 heavy (non-hydrogen) atoms. The predicted molar refractivity (Wildman–Crippen MR) is 66.3 cm³/mol. The molecular weight excluding hydrogens is 196 g/mol. The molecule has 0 spiro atoms. The van der Waals surface area contributed by atoms with Crippen LogP contribution in [0, 0.1) is 11.8 Å². The first-order valence-electron chi connectivity index (χ1n) is 6.34. The molecule has 1 aromatic carbocycles. The zero-order valence-corrected chi connectivity index (χ0v) is 9.99. The number of benzene rings is 1. The first kappa shape index (κ1) is 11.4. The topological polar surface area (TPSA) is 17.1 Å². The summed E-state index contributed by atoms with van der Waals surface area (Å²) in [6.45, 7) is 2.22. The molecule has 1 aliphatic carbocycles. The number of hydrogen-bond donors (Lipinski definition) is 0. The number of rotatable bonds is 4. The largest absolute Gasteiger partial charge is 0.299 e. The standard InChI is InChI=1S/C15H20O/c1-12-6-5-9-14(12)15(16)11-10-13-7-3-2-4-8-13/h2-4,7-8,12,14H,5-6,9-11H2,1H3/t12-,14?/m0/s1. The van der Waals surface area contributed by atoms with Crippen molar-refractivity contribution >= 4 is 5.78 Å². The second kappa shape index (κ2) is 5.29. The molecule has 1 unspecified atom stereocenters. The Morgan fingerprint density at radius 1 is 1.25 bits per heavy atom. The van der Waals surface area contributed by atoms with E-state index < -0.39 is 0 Å². The Morgan fingerprint density at radius 3 is 2.62 bits per heavy atom. The zero-order valence-electron chi connectivity index (χ0n) is 9.99. The fraction of sp³-hybridized carbons (Fsp3) is 0.533. The number of ketones is 1. The number of hydrogen-bond acceptors (Lipinski definition) is 1. The van der Waals surface area contributed by atoms with E-state index in [4.69, 9.17) is 0 Å². The smallest absolute Gasteiger partial charge is 0.136 e. The third kappa shape index (κ3) is 2.72. The lowest BCUT2D eigenvalue weighted by molar-refractivity contribution is -0.123. The highest BCUT2D eigenvalue weighted by Gasteiger charge is 2.28. The predicted octanol–water partition coefficient (Wildman–Crippen LogP) is 3.62. The van der Waals surface area contributed by atoms with E-state index in [0.29, 0.717) is 17.6 Å².